The van der Waals surface area contributed by atoms with Crippen LogP contribution in [-0.2, 0) is 9.53 Å². The van der Waals surface area contributed by atoms with Crippen LogP contribution >= 0.6 is 0 Å². The molecule has 2 aliphatic heterocycles. The minimum Gasteiger partial charge on any atom is -0.388 e. The molecule has 1 amide bonds. The summed E-state index contributed by atoms with van der Waals surface area (Å²) in [4.78, 5) is 13.3. The van der Waals surface area contributed by atoms with Gasteiger partial charge in [0.1, 0.15) is 6.10 Å². The maximum Gasteiger partial charge on any atom is 0.256 e. The van der Waals surface area contributed by atoms with Crippen molar-refractivity contribution in [2.24, 2.45) is 0 Å². The molecule has 0 aliphatic carbocycles. The van der Waals surface area contributed by atoms with Crippen molar-refractivity contribution >= 4 is 5.91 Å². The van der Waals surface area contributed by atoms with Gasteiger partial charge in [-0.15, -0.1) is 0 Å². The Morgan fingerprint density at radius 3 is 2.65 bits per heavy atom. The number of benzene rings is 1. The third-order valence-electron chi connectivity index (χ3n) is 3.34. The van der Waals surface area contributed by atoms with Crippen molar-refractivity contribution in [1.82, 2.24) is 4.90 Å². The average Bonchev–Trinajstić information content (AvgIpc) is 2.88. The molecule has 0 spiro atoms. The summed E-state index contributed by atoms with van der Waals surface area (Å²) in [6, 6.07) is 8.88. The Labute approximate surface area is 98.2 Å². The van der Waals surface area contributed by atoms with E-state index in [0.29, 0.717) is 0 Å². The lowest BCUT2D eigenvalue weighted by Gasteiger charge is -2.22. The topological polar surface area (TPSA) is 70.0 Å². The van der Waals surface area contributed by atoms with Gasteiger partial charge in [0.05, 0.1) is 12.6 Å². The molecule has 0 saturated carbocycles. The van der Waals surface area contributed by atoms with E-state index in [1.54, 1.807) is 0 Å². The molecule has 0 unspecified atom stereocenters. The van der Waals surface area contributed by atoms with E-state index in [0.717, 1.165) is 5.56 Å². The Balaban J connectivity index is 1.93. The smallest absolute Gasteiger partial charge is 0.256 e. The summed E-state index contributed by atoms with van der Waals surface area (Å²) in [5, 5.41) is 19.3. The zero-order valence-electron chi connectivity index (χ0n) is 9.06. The molecule has 0 bridgehead atoms. The van der Waals surface area contributed by atoms with Crippen molar-refractivity contribution in [1.29, 1.82) is 0 Å². The van der Waals surface area contributed by atoms with Crippen LogP contribution < -0.4 is 0 Å². The highest BCUT2D eigenvalue weighted by Gasteiger charge is 2.53. The van der Waals surface area contributed by atoms with Crippen molar-refractivity contribution in [3.63, 3.8) is 0 Å². The van der Waals surface area contributed by atoms with Gasteiger partial charge < -0.3 is 19.8 Å². The van der Waals surface area contributed by atoms with Crippen LogP contribution in [0.15, 0.2) is 30.3 Å². The molecule has 17 heavy (non-hydrogen) atoms. The van der Waals surface area contributed by atoms with Crippen LogP contribution in [0.5, 0.6) is 0 Å². The quantitative estimate of drug-likeness (QED) is 0.698. The van der Waals surface area contributed by atoms with Gasteiger partial charge in [0.25, 0.3) is 5.91 Å². The monoisotopic (exact) mass is 235 g/mol. The Morgan fingerprint density at radius 1 is 1.24 bits per heavy atom. The molecular formula is C12H13NO4. The van der Waals surface area contributed by atoms with Gasteiger partial charge in [0, 0.05) is 5.56 Å². The number of carbonyl (C=O) groups excluding carboxylic acids is 1. The molecule has 0 radical (unpaired) electrons. The lowest BCUT2D eigenvalue weighted by molar-refractivity contribution is -0.142. The second-order valence-corrected chi connectivity index (χ2v) is 4.34. The number of carbonyl (C=O) groups is 1. The lowest BCUT2D eigenvalue weighted by Crippen LogP contribution is -2.34. The Bertz CT molecular complexity index is 435. The number of amides is 1. The molecule has 2 aliphatic rings. The van der Waals surface area contributed by atoms with Crippen molar-refractivity contribution in [2.45, 2.75) is 24.5 Å². The number of hydrogen-bond donors (Lipinski definition) is 2. The van der Waals surface area contributed by atoms with Gasteiger partial charge >= 0.3 is 0 Å². The maximum absolute atomic E-state index is 11.8. The number of ether oxygens (including phenoxy) is 1. The number of fused-ring (bicyclic) bond motifs is 1. The van der Waals surface area contributed by atoms with Crippen LogP contribution in [0.4, 0.5) is 0 Å². The van der Waals surface area contributed by atoms with Gasteiger partial charge in [-0.3, -0.25) is 4.79 Å². The van der Waals surface area contributed by atoms with Gasteiger partial charge in [-0.25, -0.2) is 0 Å². The summed E-state index contributed by atoms with van der Waals surface area (Å²) in [6.45, 7) is 0.253. The van der Waals surface area contributed by atoms with Crippen molar-refractivity contribution in [3.05, 3.63) is 35.9 Å². The summed E-state index contributed by atoms with van der Waals surface area (Å²) in [5.41, 5.74) is 0.852. The van der Waals surface area contributed by atoms with Crippen LogP contribution in [-0.4, -0.2) is 45.9 Å². The molecule has 5 nitrogen and oxygen atoms in total. The third-order valence-corrected chi connectivity index (χ3v) is 3.34. The van der Waals surface area contributed by atoms with E-state index in [1.807, 2.05) is 30.3 Å². The second kappa shape index (κ2) is 3.80. The standard InChI is InChI=1S/C12H13NO4/c14-9-8-6-17-12(7-4-2-1-3-5-7)13(8)11(16)10(9)15/h1-5,8-10,12,14-15H,6H2/t8-,9+,10+,12+/m0/s1. The minimum absolute atomic E-state index is 0.253. The van der Waals surface area contributed by atoms with Crippen LogP contribution in [0.2, 0.25) is 0 Å². The van der Waals surface area contributed by atoms with E-state index in [9.17, 15) is 15.0 Å². The van der Waals surface area contributed by atoms with Crippen molar-refractivity contribution in [2.75, 3.05) is 6.61 Å². The maximum atomic E-state index is 11.8. The molecule has 1 aromatic rings. The number of hydrogen-bond acceptors (Lipinski definition) is 4. The summed E-state index contributed by atoms with van der Waals surface area (Å²) in [5.74, 6) is -0.464. The van der Waals surface area contributed by atoms with Gasteiger partial charge in [-0.2, -0.15) is 0 Å². The van der Waals surface area contributed by atoms with Gasteiger partial charge in [0.2, 0.25) is 0 Å². The molecule has 5 heteroatoms. The molecule has 2 N–H and O–H groups in total. The van der Waals surface area contributed by atoms with E-state index >= 15 is 0 Å². The van der Waals surface area contributed by atoms with Gasteiger partial charge in [-0.1, -0.05) is 30.3 Å². The fourth-order valence-electron chi connectivity index (χ4n) is 2.45. The highest BCUT2D eigenvalue weighted by atomic mass is 16.5. The Morgan fingerprint density at radius 2 is 1.94 bits per heavy atom. The first-order valence-corrected chi connectivity index (χ1v) is 5.55. The second-order valence-electron chi connectivity index (χ2n) is 4.34. The van der Waals surface area contributed by atoms with E-state index in [-0.39, 0.29) is 6.61 Å². The van der Waals surface area contributed by atoms with Crippen molar-refractivity contribution < 1.29 is 19.7 Å². The third kappa shape index (κ3) is 1.47. The molecule has 1 aromatic carbocycles. The SMILES string of the molecule is O=C1[C@H](O)[C@H](O)[C@@H]2CO[C@H](c3ccccc3)N12. The first kappa shape index (κ1) is 10.7. The molecular weight excluding hydrogens is 222 g/mol. The number of aliphatic hydroxyl groups is 2. The highest BCUT2D eigenvalue weighted by molar-refractivity contribution is 5.85. The zero-order chi connectivity index (χ0) is 12.0. The number of aliphatic hydroxyl groups excluding tert-OH is 2. The fraction of sp³-hybridized carbons (Fsp3) is 0.417. The molecule has 4 atom stereocenters. The molecule has 2 saturated heterocycles. The van der Waals surface area contributed by atoms with Gasteiger partial charge in [-0.05, 0) is 0 Å². The zero-order valence-corrected chi connectivity index (χ0v) is 9.06. The fourth-order valence-corrected chi connectivity index (χ4v) is 2.45. The molecule has 3 rings (SSSR count). The van der Waals surface area contributed by atoms with Crippen LogP contribution in [0, 0.1) is 0 Å². The molecule has 2 fully saturated rings. The summed E-state index contributed by atoms with van der Waals surface area (Å²) in [6.07, 6.45) is -2.88. The first-order chi connectivity index (χ1) is 8.20. The predicted molar refractivity (Wildman–Crippen MR) is 57.8 cm³/mol. The van der Waals surface area contributed by atoms with E-state index in [1.165, 1.54) is 4.90 Å². The van der Waals surface area contributed by atoms with E-state index in [4.69, 9.17) is 4.74 Å². The normalized spacial score (nSPS) is 36.4. The average molecular weight is 235 g/mol. The number of rotatable bonds is 1. The van der Waals surface area contributed by atoms with Crippen LogP contribution in [0.1, 0.15) is 11.8 Å². The number of nitrogens with zero attached hydrogens (tertiary/aromatic N) is 1. The van der Waals surface area contributed by atoms with Crippen LogP contribution in [0.25, 0.3) is 0 Å². The predicted octanol–water partition coefficient (Wildman–Crippen LogP) is -0.352. The van der Waals surface area contributed by atoms with Crippen molar-refractivity contribution in [3.8, 4) is 0 Å². The first-order valence-electron chi connectivity index (χ1n) is 5.55. The summed E-state index contributed by atoms with van der Waals surface area (Å²) < 4.78 is 5.53. The molecule has 0 aromatic heterocycles. The van der Waals surface area contributed by atoms with Gasteiger partial charge in [0.15, 0.2) is 12.3 Å². The molecule has 90 valence electrons. The molecule has 2 heterocycles. The minimum atomic E-state index is -1.32. The summed E-state index contributed by atoms with van der Waals surface area (Å²) in [7, 11) is 0. The highest BCUT2D eigenvalue weighted by Crippen LogP contribution is 2.37. The van der Waals surface area contributed by atoms with E-state index in [2.05, 4.69) is 0 Å². The lowest BCUT2D eigenvalue weighted by atomic mass is 10.1. The Hall–Kier alpha value is -1.43. The van der Waals surface area contributed by atoms with Crippen LogP contribution in [0.3, 0.4) is 0 Å². The Kier molecular flexibility index (Phi) is 2.39. The summed E-state index contributed by atoms with van der Waals surface area (Å²) >= 11 is 0. The van der Waals surface area contributed by atoms with E-state index < -0.39 is 30.4 Å². The largest absolute Gasteiger partial charge is 0.388 e.